The van der Waals surface area contributed by atoms with E-state index in [1.165, 1.54) is 57.4 Å². The summed E-state index contributed by atoms with van der Waals surface area (Å²) in [5.41, 5.74) is 1.31. The number of fused-ring (bicyclic) bond motifs is 1. The molecule has 3 aliphatic heterocycles. The highest BCUT2D eigenvalue weighted by atomic mass is 79.9. The fourth-order valence-corrected chi connectivity index (χ4v) is 4.47. The molecule has 0 saturated carbocycles. The van der Waals surface area contributed by atoms with Crippen molar-refractivity contribution in [3.8, 4) is 11.5 Å². The van der Waals surface area contributed by atoms with Crippen LogP contribution < -0.4 is 9.47 Å². The third-order valence-corrected chi connectivity index (χ3v) is 5.99. The molecule has 0 radical (unpaired) electrons. The Hall–Kier alpha value is -0.780. The SMILES string of the molecule is Brc1cc2c(cc1CN1CCCC1CN1CCCC1)OCCO2. The van der Waals surface area contributed by atoms with E-state index in [1.54, 1.807) is 0 Å². The molecule has 0 aromatic heterocycles. The van der Waals surface area contributed by atoms with Crippen LogP contribution in [-0.2, 0) is 6.54 Å². The van der Waals surface area contributed by atoms with Gasteiger partial charge in [0.05, 0.1) is 0 Å². The monoisotopic (exact) mass is 380 g/mol. The van der Waals surface area contributed by atoms with E-state index in [4.69, 9.17) is 9.47 Å². The second-order valence-electron chi connectivity index (χ2n) is 6.86. The van der Waals surface area contributed by atoms with Crippen LogP contribution in [0.5, 0.6) is 11.5 Å². The molecule has 1 unspecified atom stereocenters. The summed E-state index contributed by atoms with van der Waals surface area (Å²) in [4.78, 5) is 5.29. The van der Waals surface area contributed by atoms with Crippen LogP contribution in [0.15, 0.2) is 16.6 Å². The van der Waals surface area contributed by atoms with E-state index in [-0.39, 0.29) is 0 Å². The lowest BCUT2D eigenvalue weighted by Crippen LogP contribution is -2.39. The average molecular weight is 381 g/mol. The largest absolute Gasteiger partial charge is 0.486 e. The van der Waals surface area contributed by atoms with Gasteiger partial charge in [-0.1, -0.05) is 15.9 Å². The molecule has 3 heterocycles. The molecule has 1 atom stereocenters. The van der Waals surface area contributed by atoms with E-state index in [1.807, 2.05) is 0 Å². The molecular formula is C18H25BrN2O2. The quantitative estimate of drug-likeness (QED) is 0.799. The van der Waals surface area contributed by atoms with Crippen molar-refractivity contribution in [2.24, 2.45) is 0 Å². The Morgan fingerprint density at radius 1 is 1.00 bits per heavy atom. The number of ether oxygens (including phenoxy) is 2. The van der Waals surface area contributed by atoms with Gasteiger partial charge in [-0.3, -0.25) is 4.90 Å². The van der Waals surface area contributed by atoms with Crippen LogP contribution in [0.25, 0.3) is 0 Å². The Morgan fingerprint density at radius 3 is 2.52 bits per heavy atom. The minimum absolute atomic E-state index is 0.642. The summed E-state index contributed by atoms with van der Waals surface area (Å²) in [6, 6.07) is 4.92. The van der Waals surface area contributed by atoms with Gasteiger partial charge in [0.1, 0.15) is 13.2 Å². The zero-order chi connectivity index (χ0) is 15.6. The molecule has 0 N–H and O–H groups in total. The van der Waals surface area contributed by atoms with Gasteiger partial charge in [0.2, 0.25) is 0 Å². The lowest BCUT2D eigenvalue weighted by molar-refractivity contribution is 0.169. The van der Waals surface area contributed by atoms with Crippen molar-refractivity contribution in [2.45, 2.75) is 38.3 Å². The van der Waals surface area contributed by atoms with Gasteiger partial charge in [0, 0.05) is 23.6 Å². The molecule has 4 nitrogen and oxygen atoms in total. The van der Waals surface area contributed by atoms with Crippen molar-refractivity contribution >= 4 is 15.9 Å². The van der Waals surface area contributed by atoms with Crippen molar-refractivity contribution in [3.05, 3.63) is 22.2 Å². The van der Waals surface area contributed by atoms with Crippen LogP contribution in [0.1, 0.15) is 31.2 Å². The molecule has 4 rings (SSSR count). The highest BCUT2D eigenvalue weighted by Crippen LogP contribution is 2.36. The molecule has 5 heteroatoms. The van der Waals surface area contributed by atoms with Crippen LogP contribution >= 0.6 is 15.9 Å². The normalized spacial score (nSPS) is 25.2. The predicted molar refractivity (Wildman–Crippen MR) is 94.2 cm³/mol. The molecule has 23 heavy (non-hydrogen) atoms. The minimum Gasteiger partial charge on any atom is -0.486 e. The van der Waals surface area contributed by atoms with Gasteiger partial charge in [-0.15, -0.1) is 0 Å². The number of hydrogen-bond donors (Lipinski definition) is 0. The smallest absolute Gasteiger partial charge is 0.162 e. The molecular weight excluding hydrogens is 356 g/mol. The van der Waals surface area contributed by atoms with Crippen molar-refractivity contribution in [1.29, 1.82) is 0 Å². The molecule has 0 bridgehead atoms. The predicted octanol–water partition coefficient (Wildman–Crippen LogP) is 3.28. The number of benzene rings is 1. The van der Waals surface area contributed by atoms with Crippen LogP contribution in [0.2, 0.25) is 0 Å². The summed E-state index contributed by atoms with van der Waals surface area (Å²) in [6.45, 7) is 7.31. The van der Waals surface area contributed by atoms with Crippen molar-refractivity contribution in [1.82, 2.24) is 9.80 Å². The van der Waals surface area contributed by atoms with E-state index < -0.39 is 0 Å². The Kier molecular flexibility index (Phi) is 4.78. The molecule has 2 fully saturated rings. The standard InChI is InChI=1S/C18H25BrN2O2/c19-16-11-18-17(22-8-9-23-18)10-14(16)12-21-7-3-4-15(21)13-20-5-1-2-6-20/h10-11,15H,1-9,12-13H2. The number of rotatable bonds is 4. The van der Waals surface area contributed by atoms with Crippen molar-refractivity contribution in [3.63, 3.8) is 0 Å². The first kappa shape index (κ1) is 15.7. The van der Waals surface area contributed by atoms with Crippen LogP contribution in [0, 0.1) is 0 Å². The summed E-state index contributed by atoms with van der Waals surface area (Å²) in [5, 5.41) is 0. The Morgan fingerprint density at radius 2 is 1.74 bits per heavy atom. The van der Waals surface area contributed by atoms with E-state index >= 15 is 0 Å². The second-order valence-corrected chi connectivity index (χ2v) is 7.72. The Balaban J connectivity index is 1.46. The molecule has 1 aromatic carbocycles. The zero-order valence-corrected chi connectivity index (χ0v) is 15.2. The fourth-order valence-electron chi connectivity index (χ4n) is 4.02. The minimum atomic E-state index is 0.642. The topological polar surface area (TPSA) is 24.9 Å². The molecule has 1 aromatic rings. The van der Waals surface area contributed by atoms with Gasteiger partial charge in [0.15, 0.2) is 11.5 Å². The maximum absolute atomic E-state index is 5.75. The maximum atomic E-state index is 5.75. The number of halogens is 1. The van der Waals surface area contributed by atoms with Gasteiger partial charge in [-0.25, -0.2) is 0 Å². The van der Waals surface area contributed by atoms with Gasteiger partial charge in [-0.05, 0) is 63.0 Å². The van der Waals surface area contributed by atoms with Crippen LogP contribution in [-0.4, -0.2) is 55.2 Å². The van der Waals surface area contributed by atoms with Crippen LogP contribution in [0.3, 0.4) is 0 Å². The number of nitrogens with zero attached hydrogens (tertiary/aromatic N) is 2. The third-order valence-electron chi connectivity index (χ3n) is 5.25. The molecule has 0 spiro atoms. The molecule has 126 valence electrons. The van der Waals surface area contributed by atoms with Gasteiger partial charge in [-0.2, -0.15) is 0 Å². The highest BCUT2D eigenvalue weighted by molar-refractivity contribution is 9.10. The van der Waals surface area contributed by atoms with E-state index in [2.05, 4.69) is 37.9 Å². The summed E-state index contributed by atoms with van der Waals surface area (Å²) >= 11 is 3.72. The molecule has 0 amide bonds. The summed E-state index contributed by atoms with van der Waals surface area (Å²) in [5.74, 6) is 1.76. The van der Waals surface area contributed by atoms with E-state index in [9.17, 15) is 0 Å². The first-order valence-electron chi connectivity index (χ1n) is 8.84. The molecule has 3 aliphatic rings. The zero-order valence-electron chi connectivity index (χ0n) is 13.6. The van der Waals surface area contributed by atoms with E-state index in [0.717, 1.165) is 22.5 Å². The first-order valence-corrected chi connectivity index (χ1v) is 9.63. The maximum Gasteiger partial charge on any atom is 0.162 e. The van der Waals surface area contributed by atoms with Gasteiger partial charge >= 0.3 is 0 Å². The third kappa shape index (κ3) is 3.52. The van der Waals surface area contributed by atoms with Crippen molar-refractivity contribution in [2.75, 3.05) is 39.4 Å². The first-order chi connectivity index (χ1) is 11.3. The average Bonchev–Trinajstić information content (AvgIpc) is 3.21. The van der Waals surface area contributed by atoms with E-state index in [0.29, 0.717) is 19.3 Å². The Labute approximate surface area is 146 Å². The lowest BCUT2D eigenvalue weighted by atomic mass is 10.1. The highest BCUT2D eigenvalue weighted by Gasteiger charge is 2.28. The second kappa shape index (κ2) is 6.99. The number of hydrogen-bond acceptors (Lipinski definition) is 4. The van der Waals surface area contributed by atoms with Gasteiger partial charge in [0.25, 0.3) is 0 Å². The number of likely N-dealkylation sites (tertiary alicyclic amines) is 2. The summed E-state index contributed by atoms with van der Waals surface area (Å²) in [7, 11) is 0. The molecule has 2 saturated heterocycles. The Bertz CT molecular complexity index is 560. The van der Waals surface area contributed by atoms with Gasteiger partial charge < -0.3 is 14.4 Å². The lowest BCUT2D eigenvalue weighted by Gasteiger charge is -2.29. The summed E-state index contributed by atoms with van der Waals surface area (Å²) < 4.78 is 12.5. The van der Waals surface area contributed by atoms with Crippen molar-refractivity contribution < 1.29 is 9.47 Å². The summed E-state index contributed by atoms with van der Waals surface area (Å²) in [6.07, 6.45) is 5.40. The van der Waals surface area contributed by atoms with Crippen LogP contribution in [0.4, 0.5) is 0 Å². The molecule has 0 aliphatic carbocycles. The fraction of sp³-hybridized carbons (Fsp3) is 0.667.